The number of fused-ring (bicyclic) bond motifs is 1. The maximum absolute atomic E-state index is 11.8. The van der Waals surface area contributed by atoms with Crippen LogP contribution >= 0.6 is 0 Å². The number of anilines is 1. The number of aromatic nitrogens is 1. The summed E-state index contributed by atoms with van der Waals surface area (Å²) < 4.78 is 11.3. The Kier molecular flexibility index (Phi) is 3.86. The van der Waals surface area contributed by atoms with Crippen molar-refractivity contribution in [3.8, 4) is 11.5 Å². The molecule has 6 heteroatoms. The average molecular weight is 285 g/mol. The summed E-state index contributed by atoms with van der Waals surface area (Å²) in [6.07, 6.45) is 3.03. The number of hydrogen-bond acceptors (Lipinski definition) is 4. The van der Waals surface area contributed by atoms with E-state index in [2.05, 4.69) is 15.6 Å². The van der Waals surface area contributed by atoms with Gasteiger partial charge in [-0.1, -0.05) is 12.1 Å². The number of nitrogens with zero attached hydrogens (tertiary/aromatic N) is 1. The van der Waals surface area contributed by atoms with E-state index in [9.17, 15) is 4.79 Å². The largest absolute Gasteiger partial charge is 0.486 e. The van der Waals surface area contributed by atoms with Crippen molar-refractivity contribution in [1.82, 2.24) is 10.3 Å². The number of amides is 2. The number of urea groups is 1. The van der Waals surface area contributed by atoms with Crippen LogP contribution in [0, 0.1) is 0 Å². The minimum Gasteiger partial charge on any atom is -0.486 e. The smallest absolute Gasteiger partial charge is 0.319 e. The topological polar surface area (TPSA) is 72.5 Å². The highest BCUT2D eigenvalue weighted by atomic mass is 16.6. The predicted octanol–water partition coefficient (Wildman–Crippen LogP) is 2.04. The van der Waals surface area contributed by atoms with Crippen molar-refractivity contribution in [2.45, 2.75) is 6.10 Å². The van der Waals surface area contributed by atoms with Crippen molar-refractivity contribution in [3.05, 3.63) is 48.8 Å². The molecule has 2 N–H and O–H groups in total. The number of para-hydroxylation sites is 2. The van der Waals surface area contributed by atoms with Crippen LogP contribution in [0.3, 0.4) is 0 Å². The summed E-state index contributed by atoms with van der Waals surface area (Å²) in [5.74, 6) is 1.43. The number of nitrogens with one attached hydrogen (secondary N) is 2. The zero-order valence-corrected chi connectivity index (χ0v) is 11.3. The maximum Gasteiger partial charge on any atom is 0.319 e. The molecule has 1 unspecified atom stereocenters. The molecule has 0 fully saturated rings. The normalized spacial score (nSPS) is 16.1. The fraction of sp³-hybridized carbons (Fsp3) is 0.200. The third-order valence-electron chi connectivity index (χ3n) is 3.00. The molecule has 0 bridgehead atoms. The Bertz CT molecular complexity index is 619. The summed E-state index contributed by atoms with van der Waals surface area (Å²) in [6.45, 7) is 0.776. The molecule has 0 saturated carbocycles. The van der Waals surface area contributed by atoms with Crippen LogP contribution in [0.5, 0.6) is 11.5 Å². The van der Waals surface area contributed by atoms with Crippen molar-refractivity contribution < 1.29 is 14.3 Å². The molecule has 3 rings (SSSR count). The van der Waals surface area contributed by atoms with Gasteiger partial charge in [-0.05, 0) is 24.3 Å². The van der Waals surface area contributed by atoms with E-state index in [1.165, 1.54) is 0 Å². The van der Waals surface area contributed by atoms with E-state index in [0.29, 0.717) is 24.6 Å². The molecule has 21 heavy (non-hydrogen) atoms. The first-order valence-electron chi connectivity index (χ1n) is 6.64. The van der Waals surface area contributed by atoms with Crippen molar-refractivity contribution in [1.29, 1.82) is 0 Å². The van der Waals surface area contributed by atoms with E-state index in [0.717, 1.165) is 5.75 Å². The van der Waals surface area contributed by atoms with Crippen LogP contribution in [-0.2, 0) is 0 Å². The highest BCUT2D eigenvalue weighted by Crippen LogP contribution is 2.30. The molecule has 2 amide bonds. The molecule has 1 atom stereocenters. The van der Waals surface area contributed by atoms with Gasteiger partial charge in [0.25, 0.3) is 0 Å². The molecule has 2 aromatic rings. The lowest BCUT2D eigenvalue weighted by molar-refractivity contribution is 0.0922. The number of pyridine rings is 1. The number of rotatable bonds is 3. The van der Waals surface area contributed by atoms with Gasteiger partial charge in [-0.25, -0.2) is 4.79 Å². The Morgan fingerprint density at radius 1 is 1.19 bits per heavy atom. The van der Waals surface area contributed by atoms with Gasteiger partial charge in [0.15, 0.2) is 17.6 Å². The van der Waals surface area contributed by atoms with Gasteiger partial charge in [-0.2, -0.15) is 0 Å². The lowest BCUT2D eigenvalue weighted by Crippen LogP contribution is -2.42. The maximum atomic E-state index is 11.8. The van der Waals surface area contributed by atoms with Crippen molar-refractivity contribution in [2.24, 2.45) is 0 Å². The second-order valence-electron chi connectivity index (χ2n) is 4.57. The Hall–Kier alpha value is -2.76. The number of benzene rings is 1. The van der Waals surface area contributed by atoms with E-state index in [1.54, 1.807) is 24.5 Å². The minimum absolute atomic E-state index is 0.205. The molecule has 0 radical (unpaired) electrons. The van der Waals surface area contributed by atoms with Crippen molar-refractivity contribution in [2.75, 3.05) is 18.5 Å². The Labute approximate surface area is 122 Å². The molecule has 1 aliphatic heterocycles. The van der Waals surface area contributed by atoms with Crippen LogP contribution < -0.4 is 20.1 Å². The quantitative estimate of drug-likeness (QED) is 0.905. The summed E-state index contributed by atoms with van der Waals surface area (Å²) in [4.78, 5) is 15.6. The second kappa shape index (κ2) is 6.13. The third-order valence-corrected chi connectivity index (χ3v) is 3.00. The van der Waals surface area contributed by atoms with Gasteiger partial charge in [0.2, 0.25) is 0 Å². The molecular formula is C15H15N3O3. The molecule has 0 aliphatic carbocycles. The number of ether oxygens (including phenoxy) is 2. The highest BCUT2D eigenvalue weighted by molar-refractivity contribution is 5.89. The minimum atomic E-state index is -0.288. The first-order chi connectivity index (χ1) is 10.3. The first-order valence-corrected chi connectivity index (χ1v) is 6.64. The first kappa shape index (κ1) is 13.2. The van der Waals surface area contributed by atoms with Crippen molar-refractivity contribution >= 4 is 11.7 Å². The van der Waals surface area contributed by atoms with Gasteiger partial charge in [0.05, 0.1) is 6.54 Å². The Morgan fingerprint density at radius 2 is 1.95 bits per heavy atom. The molecule has 0 saturated heterocycles. The van der Waals surface area contributed by atoms with Crippen LogP contribution in [0.25, 0.3) is 0 Å². The molecule has 2 heterocycles. The summed E-state index contributed by atoms with van der Waals surface area (Å²) in [6, 6.07) is 10.6. The summed E-state index contributed by atoms with van der Waals surface area (Å²) >= 11 is 0. The standard InChI is InChI=1S/C15H15N3O3/c19-15(18-11-5-7-16-8-6-11)17-9-12-10-20-13-3-1-2-4-14(13)21-12/h1-8,12H,9-10H2,(H2,16,17,18,19). The summed E-state index contributed by atoms with van der Waals surface area (Å²) in [5, 5.41) is 5.47. The Morgan fingerprint density at radius 3 is 2.76 bits per heavy atom. The molecule has 1 aliphatic rings. The zero-order chi connectivity index (χ0) is 14.5. The van der Waals surface area contributed by atoms with Gasteiger partial charge in [0.1, 0.15) is 6.61 Å². The molecule has 108 valence electrons. The molecule has 6 nitrogen and oxygen atoms in total. The Balaban J connectivity index is 1.49. The molecule has 1 aromatic carbocycles. The van der Waals surface area contributed by atoms with Gasteiger partial charge in [0, 0.05) is 18.1 Å². The van der Waals surface area contributed by atoms with Crippen molar-refractivity contribution in [3.63, 3.8) is 0 Å². The SMILES string of the molecule is O=C(NCC1COc2ccccc2O1)Nc1ccncc1. The molecular weight excluding hydrogens is 270 g/mol. The second-order valence-corrected chi connectivity index (χ2v) is 4.57. The average Bonchev–Trinajstić information content (AvgIpc) is 2.54. The van der Waals surface area contributed by atoms with E-state index in [-0.39, 0.29) is 12.1 Å². The van der Waals surface area contributed by atoms with Crippen LogP contribution in [0.15, 0.2) is 48.8 Å². The van der Waals surface area contributed by atoms with E-state index < -0.39 is 0 Å². The fourth-order valence-corrected chi connectivity index (χ4v) is 1.98. The fourth-order valence-electron chi connectivity index (χ4n) is 1.98. The number of hydrogen-bond donors (Lipinski definition) is 2. The van der Waals surface area contributed by atoms with E-state index in [1.807, 2.05) is 24.3 Å². The zero-order valence-electron chi connectivity index (χ0n) is 11.3. The molecule has 0 spiro atoms. The predicted molar refractivity (Wildman–Crippen MR) is 77.6 cm³/mol. The number of carbonyl (C=O) groups is 1. The lowest BCUT2D eigenvalue weighted by atomic mass is 10.2. The van der Waals surface area contributed by atoms with E-state index >= 15 is 0 Å². The third kappa shape index (κ3) is 3.42. The van der Waals surface area contributed by atoms with Crippen LogP contribution in [0.2, 0.25) is 0 Å². The lowest BCUT2D eigenvalue weighted by Gasteiger charge is -2.26. The monoisotopic (exact) mass is 285 g/mol. The van der Waals surface area contributed by atoms with Crippen LogP contribution in [0.4, 0.5) is 10.5 Å². The van der Waals surface area contributed by atoms with Crippen LogP contribution in [-0.4, -0.2) is 30.3 Å². The summed E-state index contributed by atoms with van der Waals surface area (Å²) in [7, 11) is 0. The van der Waals surface area contributed by atoms with Gasteiger partial charge < -0.3 is 20.1 Å². The molecule has 1 aromatic heterocycles. The van der Waals surface area contributed by atoms with Crippen LogP contribution in [0.1, 0.15) is 0 Å². The highest BCUT2D eigenvalue weighted by Gasteiger charge is 2.20. The van der Waals surface area contributed by atoms with Gasteiger partial charge in [-0.15, -0.1) is 0 Å². The number of carbonyl (C=O) groups excluding carboxylic acids is 1. The van der Waals surface area contributed by atoms with Gasteiger partial charge >= 0.3 is 6.03 Å². The van der Waals surface area contributed by atoms with Gasteiger partial charge in [-0.3, -0.25) is 4.98 Å². The van der Waals surface area contributed by atoms with E-state index in [4.69, 9.17) is 9.47 Å². The summed E-state index contributed by atoms with van der Waals surface area (Å²) in [5.41, 5.74) is 0.689.